The first kappa shape index (κ1) is 12.6. The average Bonchev–Trinajstić information content (AvgIpc) is 2.81. The average molecular weight is 270 g/mol. The fourth-order valence-corrected chi connectivity index (χ4v) is 2.10. The van der Waals surface area contributed by atoms with Crippen molar-refractivity contribution in [3.63, 3.8) is 0 Å². The summed E-state index contributed by atoms with van der Waals surface area (Å²) in [6.07, 6.45) is 0. The van der Waals surface area contributed by atoms with E-state index < -0.39 is 0 Å². The minimum absolute atomic E-state index is 0.299. The lowest BCUT2D eigenvalue weighted by Gasteiger charge is -2.07. The van der Waals surface area contributed by atoms with E-state index in [1.54, 1.807) is 13.2 Å². The molecule has 0 aliphatic carbocycles. The van der Waals surface area contributed by atoms with E-state index in [-0.39, 0.29) is 5.69 Å². The number of fused-ring (bicyclic) bond motifs is 1. The molecule has 0 unspecified atom stereocenters. The molecule has 0 bridgehead atoms. The molecule has 0 atom stereocenters. The maximum Gasteiger partial charge on any atom is 0.349 e. The maximum absolute atomic E-state index is 11.9. The summed E-state index contributed by atoms with van der Waals surface area (Å²) in [5.74, 6) is 0.563. The molecule has 102 valence electrons. The molecule has 6 heteroatoms. The summed E-state index contributed by atoms with van der Waals surface area (Å²) in [5.41, 5.74) is 2.98. The van der Waals surface area contributed by atoms with Gasteiger partial charge in [0, 0.05) is 18.7 Å². The van der Waals surface area contributed by atoms with Crippen LogP contribution in [0.3, 0.4) is 0 Å². The van der Waals surface area contributed by atoms with Crippen LogP contribution in [0.25, 0.3) is 17.0 Å². The second-order valence-electron chi connectivity index (χ2n) is 4.59. The first-order valence-corrected chi connectivity index (χ1v) is 6.22. The van der Waals surface area contributed by atoms with Crippen LogP contribution in [0.1, 0.15) is 11.3 Å². The van der Waals surface area contributed by atoms with Crippen molar-refractivity contribution < 1.29 is 4.74 Å². The fourth-order valence-electron chi connectivity index (χ4n) is 2.10. The summed E-state index contributed by atoms with van der Waals surface area (Å²) in [6.45, 7) is 2.38. The van der Waals surface area contributed by atoms with Gasteiger partial charge in [-0.05, 0) is 6.92 Å². The highest BCUT2D eigenvalue weighted by molar-refractivity contribution is 5.60. The number of nitrogens with zero attached hydrogens (tertiary/aromatic N) is 3. The van der Waals surface area contributed by atoms with E-state index in [0.29, 0.717) is 18.1 Å². The van der Waals surface area contributed by atoms with E-state index >= 15 is 0 Å². The molecule has 0 saturated carbocycles. The zero-order chi connectivity index (χ0) is 14.1. The highest BCUT2D eigenvalue weighted by Gasteiger charge is 2.11. The normalized spacial score (nSPS) is 11.1. The van der Waals surface area contributed by atoms with Gasteiger partial charge in [-0.25, -0.2) is 19.3 Å². The predicted octanol–water partition coefficient (Wildman–Crippen LogP) is 1.54. The van der Waals surface area contributed by atoms with Gasteiger partial charge in [0.2, 0.25) is 0 Å². The zero-order valence-corrected chi connectivity index (χ0v) is 11.3. The van der Waals surface area contributed by atoms with Gasteiger partial charge in [-0.15, -0.1) is 0 Å². The topological polar surface area (TPSA) is 72.3 Å². The molecule has 0 aliphatic rings. The van der Waals surface area contributed by atoms with Crippen molar-refractivity contribution in [2.24, 2.45) is 0 Å². The van der Waals surface area contributed by atoms with Gasteiger partial charge in [0.05, 0.1) is 12.3 Å². The summed E-state index contributed by atoms with van der Waals surface area (Å²) in [6, 6.07) is 9.58. The number of benzene rings is 1. The molecule has 0 saturated heterocycles. The molecule has 20 heavy (non-hydrogen) atoms. The molecule has 0 amide bonds. The van der Waals surface area contributed by atoms with E-state index in [0.717, 1.165) is 16.8 Å². The molecular formula is C14H14N4O2. The highest BCUT2D eigenvalue weighted by atomic mass is 16.5. The van der Waals surface area contributed by atoms with Crippen LogP contribution in [0.5, 0.6) is 0 Å². The molecule has 3 aromatic rings. The largest absolute Gasteiger partial charge is 0.378 e. The number of rotatable bonds is 3. The number of hydrogen-bond acceptors (Lipinski definition) is 4. The molecule has 2 heterocycles. The molecule has 0 spiro atoms. The lowest BCUT2D eigenvalue weighted by Crippen LogP contribution is -2.13. The van der Waals surface area contributed by atoms with Crippen molar-refractivity contribution in [1.82, 2.24) is 19.6 Å². The molecule has 1 aromatic carbocycles. The first-order valence-electron chi connectivity index (χ1n) is 6.22. The van der Waals surface area contributed by atoms with Crippen LogP contribution in [0, 0.1) is 6.92 Å². The van der Waals surface area contributed by atoms with Crippen molar-refractivity contribution in [1.29, 1.82) is 0 Å². The summed E-state index contributed by atoms with van der Waals surface area (Å²) < 4.78 is 6.57. The monoisotopic (exact) mass is 270 g/mol. The molecule has 0 aliphatic heterocycles. The summed E-state index contributed by atoms with van der Waals surface area (Å²) >= 11 is 0. The van der Waals surface area contributed by atoms with E-state index in [9.17, 15) is 4.79 Å². The van der Waals surface area contributed by atoms with Crippen molar-refractivity contribution in [3.05, 3.63) is 52.1 Å². The Morgan fingerprint density at radius 3 is 2.75 bits per heavy atom. The summed E-state index contributed by atoms with van der Waals surface area (Å²) in [5, 5.41) is 6.44. The number of ether oxygens (including phenoxy) is 1. The molecule has 1 N–H and O–H groups in total. The fraction of sp³-hybridized carbons (Fsp3) is 0.214. The molecule has 0 radical (unpaired) electrons. The van der Waals surface area contributed by atoms with Crippen molar-refractivity contribution in [2.45, 2.75) is 13.5 Å². The smallest absolute Gasteiger partial charge is 0.349 e. The molecule has 6 nitrogen and oxygen atoms in total. The van der Waals surface area contributed by atoms with Crippen LogP contribution in [-0.2, 0) is 11.3 Å². The van der Waals surface area contributed by atoms with Crippen LogP contribution < -0.4 is 5.69 Å². The van der Waals surface area contributed by atoms with E-state index in [1.165, 1.54) is 4.40 Å². The third-order valence-corrected chi connectivity index (χ3v) is 3.06. The van der Waals surface area contributed by atoms with E-state index in [1.807, 2.05) is 31.2 Å². The number of nitrogens with one attached hydrogen (secondary N) is 1. The van der Waals surface area contributed by atoms with Crippen molar-refractivity contribution in [2.75, 3.05) is 7.11 Å². The Kier molecular flexibility index (Phi) is 3.08. The standard InChI is InChI=1S/C14H14N4O2/c1-9-3-5-10(6-4-9)13-15-11(8-20-2)7-12-16-17-14(19)18(12)13/h3-7H,8H2,1-2H3,(H,17,19). The van der Waals surface area contributed by atoms with Crippen LogP contribution in [0.2, 0.25) is 0 Å². The number of hydrogen-bond donors (Lipinski definition) is 1. The molecule has 0 fully saturated rings. The summed E-state index contributed by atoms with van der Waals surface area (Å²) in [7, 11) is 1.61. The van der Waals surface area contributed by atoms with Gasteiger partial charge >= 0.3 is 5.69 Å². The second-order valence-corrected chi connectivity index (χ2v) is 4.59. The van der Waals surface area contributed by atoms with Gasteiger partial charge in [0.15, 0.2) is 5.65 Å². The van der Waals surface area contributed by atoms with Crippen molar-refractivity contribution in [3.8, 4) is 11.4 Å². The lowest BCUT2D eigenvalue weighted by molar-refractivity contribution is 0.181. The van der Waals surface area contributed by atoms with Crippen LogP contribution in [0.15, 0.2) is 35.1 Å². The maximum atomic E-state index is 11.9. The SMILES string of the molecule is COCc1cc2n[nH]c(=O)n2c(-c2ccc(C)cc2)n1. The van der Waals surface area contributed by atoms with Gasteiger partial charge in [0.1, 0.15) is 5.82 Å². The Hall–Kier alpha value is -2.47. The molecular weight excluding hydrogens is 256 g/mol. The lowest BCUT2D eigenvalue weighted by atomic mass is 10.1. The predicted molar refractivity (Wildman–Crippen MR) is 74.5 cm³/mol. The van der Waals surface area contributed by atoms with Gasteiger partial charge in [-0.2, -0.15) is 5.10 Å². The Labute approximate surface area is 115 Å². The Bertz CT molecular complexity index is 802. The Morgan fingerprint density at radius 1 is 1.30 bits per heavy atom. The zero-order valence-electron chi connectivity index (χ0n) is 11.3. The van der Waals surface area contributed by atoms with Gasteiger partial charge in [-0.3, -0.25) is 0 Å². The third kappa shape index (κ3) is 2.10. The van der Waals surface area contributed by atoms with Crippen LogP contribution in [0.4, 0.5) is 0 Å². The number of aryl methyl sites for hydroxylation is 1. The Balaban J connectivity index is 2.28. The number of aromatic nitrogens is 4. The second kappa shape index (κ2) is 4.90. The highest BCUT2D eigenvalue weighted by Crippen LogP contribution is 2.18. The quantitative estimate of drug-likeness (QED) is 0.783. The first-order chi connectivity index (χ1) is 9.69. The van der Waals surface area contributed by atoms with Crippen LogP contribution >= 0.6 is 0 Å². The van der Waals surface area contributed by atoms with E-state index in [2.05, 4.69) is 15.2 Å². The number of methoxy groups -OCH3 is 1. The van der Waals surface area contributed by atoms with Gasteiger partial charge in [-0.1, -0.05) is 29.8 Å². The van der Waals surface area contributed by atoms with Crippen LogP contribution in [-0.4, -0.2) is 26.7 Å². The summed E-state index contributed by atoms with van der Waals surface area (Å²) in [4.78, 5) is 16.4. The minimum Gasteiger partial charge on any atom is -0.378 e. The number of H-pyrrole nitrogens is 1. The van der Waals surface area contributed by atoms with Gasteiger partial charge < -0.3 is 4.74 Å². The Morgan fingerprint density at radius 2 is 2.05 bits per heavy atom. The molecule has 2 aromatic heterocycles. The molecule has 3 rings (SSSR count). The van der Waals surface area contributed by atoms with Gasteiger partial charge in [0.25, 0.3) is 0 Å². The van der Waals surface area contributed by atoms with E-state index in [4.69, 9.17) is 4.74 Å². The number of aromatic amines is 1. The van der Waals surface area contributed by atoms with Crippen molar-refractivity contribution >= 4 is 5.65 Å². The minimum atomic E-state index is -0.299. The third-order valence-electron chi connectivity index (χ3n) is 3.06.